The third kappa shape index (κ3) is 2.23. The summed E-state index contributed by atoms with van der Waals surface area (Å²) in [6.45, 7) is -0.308. The Hall–Kier alpha value is -1.10. The third-order valence-corrected chi connectivity index (χ3v) is 2.90. The lowest BCUT2D eigenvalue weighted by atomic mass is 9.98. The summed E-state index contributed by atoms with van der Waals surface area (Å²) in [4.78, 5) is 0. The van der Waals surface area contributed by atoms with Crippen LogP contribution in [0.3, 0.4) is 0 Å². The molecular formula is C9H16N4O5. The van der Waals surface area contributed by atoms with Gasteiger partial charge in [0.1, 0.15) is 30.1 Å². The van der Waals surface area contributed by atoms with Gasteiger partial charge in [-0.15, -0.1) is 5.10 Å². The van der Waals surface area contributed by atoms with Gasteiger partial charge in [-0.05, 0) is 0 Å². The molecule has 9 heteroatoms. The molecule has 0 aliphatic carbocycles. The van der Waals surface area contributed by atoms with Crippen molar-refractivity contribution in [2.24, 2.45) is 5.73 Å². The minimum atomic E-state index is -1.39. The highest BCUT2D eigenvalue weighted by Crippen LogP contribution is 2.27. The maximum Gasteiger partial charge on any atom is 0.180 e. The van der Waals surface area contributed by atoms with Gasteiger partial charge in [0, 0.05) is 6.54 Å². The van der Waals surface area contributed by atoms with E-state index in [-0.39, 0.29) is 13.2 Å². The second-order valence-corrected chi connectivity index (χ2v) is 4.12. The van der Waals surface area contributed by atoms with Gasteiger partial charge in [0.25, 0.3) is 0 Å². The Morgan fingerprint density at radius 3 is 2.56 bits per heavy atom. The molecule has 1 aromatic rings. The summed E-state index contributed by atoms with van der Waals surface area (Å²) in [7, 11) is 0. The smallest absolute Gasteiger partial charge is 0.180 e. The standard InChI is InChI=1S/C9H16N4O5/c10-1-5-6(15)7(16)8(17)9(18-5)13-2-4(3-14)11-12-13/h2,5-9,14-17H,1,3,10H2/t5-,6-,7+,8-,9-/m1/s1. The molecule has 1 fully saturated rings. The largest absolute Gasteiger partial charge is 0.390 e. The Morgan fingerprint density at radius 2 is 2.00 bits per heavy atom. The lowest BCUT2D eigenvalue weighted by Crippen LogP contribution is -2.57. The highest BCUT2D eigenvalue weighted by Gasteiger charge is 2.44. The van der Waals surface area contributed by atoms with Gasteiger partial charge >= 0.3 is 0 Å². The fourth-order valence-corrected chi connectivity index (χ4v) is 1.85. The maximum atomic E-state index is 9.83. The first-order chi connectivity index (χ1) is 8.58. The molecule has 2 heterocycles. The van der Waals surface area contributed by atoms with Crippen molar-refractivity contribution in [1.82, 2.24) is 15.0 Å². The zero-order valence-corrected chi connectivity index (χ0v) is 9.49. The van der Waals surface area contributed by atoms with E-state index in [0.717, 1.165) is 0 Å². The Bertz CT molecular complexity index is 398. The average molecular weight is 260 g/mol. The van der Waals surface area contributed by atoms with Crippen LogP contribution in [0.25, 0.3) is 0 Å². The van der Waals surface area contributed by atoms with Crippen molar-refractivity contribution in [2.75, 3.05) is 6.54 Å². The molecule has 0 aromatic carbocycles. The number of nitrogens with zero attached hydrogens (tertiary/aromatic N) is 3. The maximum absolute atomic E-state index is 9.83. The molecule has 5 atom stereocenters. The topological polar surface area (TPSA) is 147 Å². The van der Waals surface area contributed by atoms with Gasteiger partial charge in [-0.3, -0.25) is 0 Å². The number of aliphatic hydroxyl groups excluding tert-OH is 4. The summed E-state index contributed by atoms with van der Waals surface area (Å²) in [5.74, 6) is 0. The number of rotatable bonds is 3. The molecule has 1 aliphatic rings. The molecular weight excluding hydrogens is 244 g/mol. The van der Waals surface area contributed by atoms with Gasteiger partial charge in [0.2, 0.25) is 0 Å². The minimum absolute atomic E-state index is 0.0109. The summed E-state index contributed by atoms with van der Waals surface area (Å²) in [5, 5.41) is 45.3. The van der Waals surface area contributed by atoms with Crippen LogP contribution in [0.15, 0.2) is 6.20 Å². The zero-order chi connectivity index (χ0) is 13.3. The molecule has 0 saturated carbocycles. The summed E-state index contributed by atoms with van der Waals surface area (Å²) in [5.41, 5.74) is 5.71. The highest BCUT2D eigenvalue weighted by atomic mass is 16.5. The highest BCUT2D eigenvalue weighted by molar-refractivity contribution is 4.95. The lowest BCUT2D eigenvalue weighted by Gasteiger charge is -2.39. The van der Waals surface area contributed by atoms with Crippen LogP contribution in [0.2, 0.25) is 0 Å². The van der Waals surface area contributed by atoms with Gasteiger partial charge in [-0.25, -0.2) is 4.68 Å². The molecule has 2 rings (SSSR count). The van der Waals surface area contributed by atoms with E-state index in [1.807, 2.05) is 0 Å². The van der Waals surface area contributed by atoms with Crippen LogP contribution in [-0.2, 0) is 11.3 Å². The Kier molecular flexibility index (Phi) is 3.90. The van der Waals surface area contributed by atoms with Gasteiger partial charge in [0.05, 0.1) is 12.8 Å². The van der Waals surface area contributed by atoms with E-state index in [9.17, 15) is 15.3 Å². The van der Waals surface area contributed by atoms with E-state index in [1.54, 1.807) is 0 Å². The molecule has 9 nitrogen and oxygen atoms in total. The molecule has 0 radical (unpaired) electrons. The molecule has 0 bridgehead atoms. The van der Waals surface area contributed by atoms with Crippen molar-refractivity contribution in [3.05, 3.63) is 11.9 Å². The van der Waals surface area contributed by atoms with Gasteiger partial charge in [-0.1, -0.05) is 5.21 Å². The summed E-state index contributed by atoms with van der Waals surface area (Å²) in [6.07, 6.45) is -4.46. The van der Waals surface area contributed by atoms with Crippen molar-refractivity contribution < 1.29 is 25.2 Å². The van der Waals surface area contributed by atoms with E-state index in [1.165, 1.54) is 10.9 Å². The molecule has 102 valence electrons. The van der Waals surface area contributed by atoms with E-state index >= 15 is 0 Å². The van der Waals surface area contributed by atoms with Crippen molar-refractivity contribution in [3.8, 4) is 0 Å². The van der Waals surface area contributed by atoms with Crippen LogP contribution in [0.1, 0.15) is 11.9 Å². The lowest BCUT2D eigenvalue weighted by molar-refractivity contribution is -0.245. The van der Waals surface area contributed by atoms with Crippen LogP contribution >= 0.6 is 0 Å². The van der Waals surface area contributed by atoms with Crippen molar-refractivity contribution >= 4 is 0 Å². The summed E-state index contributed by atoms with van der Waals surface area (Å²) in [6, 6.07) is 0. The van der Waals surface area contributed by atoms with Crippen LogP contribution in [0, 0.1) is 0 Å². The van der Waals surface area contributed by atoms with Crippen molar-refractivity contribution in [3.63, 3.8) is 0 Å². The quantitative estimate of drug-likeness (QED) is 0.380. The molecule has 18 heavy (non-hydrogen) atoms. The molecule has 0 unspecified atom stereocenters. The zero-order valence-electron chi connectivity index (χ0n) is 9.49. The van der Waals surface area contributed by atoms with E-state index in [4.69, 9.17) is 15.6 Å². The number of nitrogens with two attached hydrogens (primary N) is 1. The van der Waals surface area contributed by atoms with Crippen LogP contribution < -0.4 is 5.73 Å². The Labute approximate surface area is 102 Å². The molecule has 0 spiro atoms. The van der Waals surface area contributed by atoms with Crippen molar-refractivity contribution in [2.45, 2.75) is 37.3 Å². The second-order valence-electron chi connectivity index (χ2n) is 4.12. The van der Waals surface area contributed by atoms with Crippen LogP contribution in [0.4, 0.5) is 0 Å². The minimum Gasteiger partial charge on any atom is -0.390 e. The predicted octanol–water partition coefficient (Wildman–Crippen LogP) is -3.29. The Balaban J connectivity index is 2.21. The van der Waals surface area contributed by atoms with E-state index in [2.05, 4.69) is 10.3 Å². The number of hydrogen-bond donors (Lipinski definition) is 5. The summed E-state index contributed by atoms with van der Waals surface area (Å²) < 4.78 is 6.54. The monoisotopic (exact) mass is 260 g/mol. The first-order valence-electron chi connectivity index (χ1n) is 5.49. The van der Waals surface area contributed by atoms with Gasteiger partial charge < -0.3 is 30.9 Å². The van der Waals surface area contributed by atoms with Gasteiger partial charge in [0.15, 0.2) is 6.23 Å². The first kappa shape index (κ1) is 13.3. The second kappa shape index (κ2) is 5.26. The fraction of sp³-hybridized carbons (Fsp3) is 0.778. The van der Waals surface area contributed by atoms with Crippen LogP contribution in [0.5, 0.6) is 0 Å². The summed E-state index contributed by atoms with van der Waals surface area (Å²) >= 11 is 0. The average Bonchev–Trinajstić information content (AvgIpc) is 2.85. The Morgan fingerprint density at radius 1 is 1.28 bits per heavy atom. The fourth-order valence-electron chi connectivity index (χ4n) is 1.85. The van der Waals surface area contributed by atoms with Crippen molar-refractivity contribution in [1.29, 1.82) is 0 Å². The number of ether oxygens (including phenoxy) is 1. The number of hydrogen-bond acceptors (Lipinski definition) is 8. The normalized spacial score (nSPS) is 36.8. The van der Waals surface area contributed by atoms with Crippen LogP contribution in [-0.4, -0.2) is 66.4 Å². The molecule has 1 aliphatic heterocycles. The molecule has 0 amide bonds. The number of aliphatic hydroxyl groups is 4. The number of aromatic nitrogens is 3. The van der Waals surface area contributed by atoms with E-state index in [0.29, 0.717) is 5.69 Å². The molecule has 6 N–H and O–H groups in total. The van der Waals surface area contributed by atoms with Gasteiger partial charge in [-0.2, -0.15) is 0 Å². The molecule has 1 saturated heterocycles. The third-order valence-electron chi connectivity index (χ3n) is 2.90. The SMILES string of the molecule is NC[C@H]1O[C@@H](n2cc(CO)nn2)[C@H](O)[C@@H](O)[C@@H]1O. The van der Waals surface area contributed by atoms with E-state index < -0.39 is 30.6 Å². The molecule has 1 aromatic heterocycles. The first-order valence-corrected chi connectivity index (χ1v) is 5.49. The predicted molar refractivity (Wildman–Crippen MR) is 56.9 cm³/mol.